The third kappa shape index (κ3) is 3.00. The first kappa shape index (κ1) is 14.3. The summed E-state index contributed by atoms with van der Waals surface area (Å²) < 4.78 is 0.903. The monoisotopic (exact) mass is 189 g/mol. The van der Waals surface area contributed by atoms with Gasteiger partial charge in [-0.25, -0.2) is 0 Å². The maximum atomic E-state index is 3.83. The van der Waals surface area contributed by atoms with Crippen LogP contribution in [0.3, 0.4) is 0 Å². The molecule has 0 bridgehead atoms. The molecule has 0 fully saturated rings. The van der Waals surface area contributed by atoms with E-state index in [1.54, 1.807) is 0 Å². The SMILES string of the molecule is C=CC[N+](C)(C)C(C)(C)C=C.[Cl-]. The summed E-state index contributed by atoms with van der Waals surface area (Å²) in [5.74, 6) is 0. The van der Waals surface area contributed by atoms with Crippen molar-refractivity contribution in [3.63, 3.8) is 0 Å². The fraction of sp³-hybridized carbons (Fsp3) is 0.600. The number of hydrogen-bond donors (Lipinski definition) is 0. The Labute approximate surface area is 82.8 Å². The molecule has 0 atom stereocenters. The Balaban J connectivity index is 0. The molecule has 1 nitrogen and oxygen atoms in total. The fourth-order valence-electron chi connectivity index (χ4n) is 0.805. The van der Waals surface area contributed by atoms with E-state index < -0.39 is 0 Å². The third-order valence-corrected chi connectivity index (χ3v) is 2.65. The molecule has 0 radical (unpaired) electrons. The van der Waals surface area contributed by atoms with Gasteiger partial charge in [0.05, 0.1) is 20.6 Å². The Kier molecular flexibility index (Phi) is 5.57. The van der Waals surface area contributed by atoms with Gasteiger partial charge in [0.1, 0.15) is 5.54 Å². The number of nitrogens with zero attached hydrogens (tertiary/aromatic N) is 1. The maximum absolute atomic E-state index is 3.83. The Hall–Kier alpha value is -0.270. The van der Waals surface area contributed by atoms with Crippen molar-refractivity contribution >= 4 is 0 Å². The molecule has 2 heteroatoms. The highest BCUT2D eigenvalue weighted by molar-refractivity contribution is 4.90. The number of rotatable bonds is 4. The number of halogens is 1. The van der Waals surface area contributed by atoms with Gasteiger partial charge in [-0.1, -0.05) is 13.2 Å². The van der Waals surface area contributed by atoms with Crippen LogP contribution < -0.4 is 12.4 Å². The quantitative estimate of drug-likeness (QED) is 0.402. The molecule has 12 heavy (non-hydrogen) atoms. The first-order chi connectivity index (χ1) is 4.87. The second kappa shape index (κ2) is 4.68. The van der Waals surface area contributed by atoms with E-state index >= 15 is 0 Å². The molecule has 0 rings (SSSR count). The zero-order valence-corrected chi connectivity index (χ0v) is 9.36. The predicted octanol–water partition coefficient (Wildman–Crippen LogP) is -0.783. The first-order valence-corrected chi connectivity index (χ1v) is 3.95. The minimum absolute atomic E-state index is 0. The van der Waals surface area contributed by atoms with E-state index in [1.165, 1.54) is 0 Å². The molecule has 0 aliphatic heterocycles. The van der Waals surface area contributed by atoms with Gasteiger partial charge in [-0.2, -0.15) is 0 Å². The number of quaternary nitrogens is 1. The van der Waals surface area contributed by atoms with Gasteiger partial charge in [0.15, 0.2) is 0 Å². The molecular weight excluding hydrogens is 170 g/mol. The molecule has 0 spiro atoms. The molecule has 0 saturated heterocycles. The minimum Gasteiger partial charge on any atom is -1.00 e. The molecule has 0 N–H and O–H groups in total. The van der Waals surface area contributed by atoms with Crippen molar-refractivity contribution in [3.05, 3.63) is 25.3 Å². The van der Waals surface area contributed by atoms with Crippen molar-refractivity contribution < 1.29 is 16.9 Å². The van der Waals surface area contributed by atoms with Crippen LogP contribution in [-0.2, 0) is 0 Å². The summed E-state index contributed by atoms with van der Waals surface area (Å²) in [5.41, 5.74) is 0.119. The van der Waals surface area contributed by atoms with E-state index in [-0.39, 0.29) is 17.9 Å². The number of likely N-dealkylation sites (N-methyl/N-ethyl adjacent to an activating group) is 1. The summed E-state index contributed by atoms with van der Waals surface area (Å²) in [5, 5.41) is 0. The Morgan fingerprint density at radius 3 is 1.92 bits per heavy atom. The van der Waals surface area contributed by atoms with Crippen molar-refractivity contribution in [1.82, 2.24) is 0 Å². The predicted molar refractivity (Wildman–Crippen MR) is 51.4 cm³/mol. The third-order valence-electron chi connectivity index (χ3n) is 2.65. The van der Waals surface area contributed by atoms with E-state index in [2.05, 4.69) is 41.1 Å². The summed E-state index contributed by atoms with van der Waals surface area (Å²) in [6.07, 6.45) is 3.95. The summed E-state index contributed by atoms with van der Waals surface area (Å²) in [4.78, 5) is 0. The van der Waals surface area contributed by atoms with E-state index in [9.17, 15) is 0 Å². The lowest BCUT2D eigenvalue weighted by atomic mass is 10.0. The van der Waals surface area contributed by atoms with Crippen LogP contribution in [0, 0.1) is 0 Å². The minimum atomic E-state index is 0. The molecule has 0 amide bonds. The molecule has 0 saturated carbocycles. The van der Waals surface area contributed by atoms with Crippen molar-refractivity contribution in [1.29, 1.82) is 0 Å². The van der Waals surface area contributed by atoms with Gasteiger partial charge in [-0.3, -0.25) is 0 Å². The van der Waals surface area contributed by atoms with Crippen LogP contribution in [-0.4, -0.2) is 30.7 Å². The van der Waals surface area contributed by atoms with Gasteiger partial charge in [-0.15, -0.1) is 0 Å². The van der Waals surface area contributed by atoms with Gasteiger partial charge >= 0.3 is 0 Å². The average molecular weight is 190 g/mol. The van der Waals surface area contributed by atoms with Crippen molar-refractivity contribution in [2.45, 2.75) is 19.4 Å². The Morgan fingerprint density at radius 2 is 1.67 bits per heavy atom. The van der Waals surface area contributed by atoms with Crippen LogP contribution in [0.15, 0.2) is 25.3 Å². The highest BCUT2D eigenvalue weighted by atomic mass is 35.5. The fourth-order valence-corrected chi connectivity index (χ4v) is 0.805. The highest BCUT2D eigenvalue weighted by Gasteiger charge is 2.31. The second-order valence-electron chi connectivity index (χ2n) is 4.01. The van der Waals surface area contributed by atoms with Gasteiger partial charge in [0.25, 0.3) is 0 Å². The smallest absolute Gasteiger partial charge is 0.112 e. The molecule has 0 aromatic carbocycles. The van der Waals surface area contributed by atoms with E-state index in [4.69, 9.17) is 0 Å². The van der Waals surface area contributed by atoms with Crippen LogP contribution in [0.25, 0.3) is 0 Å². The Bertz CT molecular complexity index is 159. The molecular formula is C10H20ClN. The molecule has 0 aliphatic carbocycles. The standard InChI is InChI=1S/C10H20N.ClH/c1-7-9-11(5,6)10(3,4)8-2;/h7-8H,1-2,9H2,3-6H3;1H/q+1;/p-1. The first-order valence-electron chi connectivity index (χ1n) is 3.95. The summed E-state index contributed by atoms with van der Waals surface area (Å²) in [6.45, 7) is 12.9. The number of hydrogen-bond acceptors (Lipinski definition) is 0. The van der Waals surface area contributed by atoms with E-state index in [0.29, 0.717) is 0 Å². The molecule has 0 heterocycles. The lowest BCUT2D eigenvalue weighted by Crippen LogP contribution is -3.00. The summed E-state index contributed by atoms with van der Waals surface area (Å²) in [7, 11) is 4.37. The van der Waals surface area contributed by atoms with Gasteiger partial charge in [-0.05, 0) is 26.0 Å². The van der Waals surface area contributed by atoms with Crippen molar-refractivity contribution in [3.8, 4) is 0 Å². The van der Waals surface area contributed by atoms with Gasteiger partial charge < -0.3 is 16.9 Å². The lowest BCUT2D eigenvalue weighted by molar-refractivity contribution is -0.924. The van der Waals surface area contributed by atoms with Crippen molar-refractivity contribution in [2.24, 2.45) is 0 Å². The molecule has 0 unspecified atom stereocenters. The normalized spacial score (nSPS) is 11.7. The Morgan fingerprint density at radius 1 is 1.25 bits per heavy atom. The summed E-state index contributed by atoms with van der Waals surface area (Å²) >= 11 is 0. The van der Waals surface area contributed by atoms with Gasteiger partial charge in [0.2, 0.25) is 0 Å². The van der Waals surface area contributed by atoms with Crippen LogP contribution in [0.4, 0.5) is 0 Å². The molecule has 0 aromatic heterocycles. The average Bonchev–Trinajstić information content (AvgIpc) is 1.87. The lowest BCUT2D eigenvalue weighted by Gasteiger charge is -2.42. The zero-order chi connectivity index (χ0) is 9.12. The summed E-state index contributed by atoms with van der Waals surface area (Å²) in [6, 6.07) is 0. The largest absolute Gasteiger partial charge is 1.00 e. The van der Waals surface area contributed by atoms with Gasteiger partial charge in [0, 0.05) is 0 Å². The molecule has 72 valence electrons. The second-order valence-corrected chi connectivity index (χ2v) is 4.01. The van der Waals surface area contributed by atoms with Crippen LogP contribution >= 0.6 is 0 Å². The van der Waals surface area contributed by atoms with Crippen LogP contribution in [0.1, 0.15) is 13.8 Å². The topological polar surface area (TPSA) is 0 Å². The van der Waals surface area contributed by atoms with Crippen molar-refractivity contribution in [2.75, 3.05) is 20.6 Å². The van der Waals surface area contributed by atoms with E-state index in [1.807, 2.05) is 12.2 Å². The van der Waals surface area contributed by atoms with Crippen LogP contribution in [0.5, 0.6) is 0 Å². The molecule has 0 aliphatic rings. The van der Waals surface area contributed by atoms with Crippen LogP contribution in [0.2, 0.25) is 0 Å². The maximum Gasteiger partial charge on any atom is 0.112 e. The highest BCUT2D eigenvalue weighted by Crippen LogP contribution is 2.20. The zero-order valence-electron chi connectivity index (χ0n) is 8.60. The van der Waals surface area contributed by atoms with E-state index in [0.717, 1.165) is 11.0 Å². The molecule has 0 aromatic rings.